The van der Waals surface area contributed by atoms with Gasteiger partial charge in [-0.05, 0) is 51.5 Å². The maximum atomic E-state index is 13.7. The fraction of sp³-hybridized carbons (Fsp3) is 0.370. The van der Waals surface area contributed by atoms with Gasteiger partial charge in [-0.1, -0.05) is 23.5 Å². The fourth-order valence-corrected chi connectivity index (χ4v) is 5.34. The van der Waals surface area contributed by atoms with Crippen LogP contribution in [-0.2, 0) is 9.53 Å². The molecule has 1 aliphatic heterocycles. The van der Waals surface area contributed by atoms with Crippen molar-refractivity contribution in [2.75, 3.05) is 43.6 Å². The van der Waals surface area contributed by atoms with Gasteiger partial charge in [-0.25, -0.2) is 9.79 Å². The molecule has 1 aromatic carbocycles. The fourth-order valence-electron chi connectivity index (χ4n) is 4.32. The first kappa shape index (κ1) is 25.5. The van der Waals surface area contributed by atoms with Crippen LogP contribution in [0, 0.1) is 0 Å². The van der Waals surface area contributed by atoms with Crippen LogP contribution in [0.15, 0.2) is 61.9 Å². The monoisotopic (exact) mass is 508 g/mol. The average Bonchev–Trinajstić information content (AvgIpc) is 3.43. The zero-order chi connectivity index (χ0) is 26.0. The summed E-state index contributed by atoms with van der Waals surface area (Å²) in [7, 11) is 3.93. The molecule has 3 aromatic rings. The molecule has 0 amide bonds. The zero-order valence-corrected chi connectivity index (χ0v) is 22.4. The second kappa shape index (κ2) is 10.6. The summed E-state index contributed by atoms with van der Waals surface area (Å²) in [5.74, 6) is 0.887. The van der Waals surface area contributed by atoms with Crippen molar-refractivity contribution in [1.29, 1.82) is 0 Å². The Morgan fingerprint density at radius 2 is 1.83 bits per heavy atom. The molecule has 0 spiro atoms. The van der Waals surface area contributed by atoms with Gasteiger partial charge in [0.2, 0.25) is 0 Å². The topological polar surface area (TPSA) is 80.3 Å². The van der Waals surface area contributed by atoms with Crippen molar-refractivity contribution in [3.8, 4) is 0 Å². The smallest absolute Gasteiger partial charge is 0.338 e. The lowest BCUT2D eigenvalue weighted by Crippen LogP contribution is -2.39. The number of hydrogen-bond donors (Lipinski definition) is 0. The van der Waals surface area contributed by atoms with Gasteiger partial charge in [0.1, 0.15) is 5.76 Å². The maximum Gasteiger partial charge on any atom is 0.338 e. The molecule has 36 heavy (non-hydrogen) atoms. The lowest BCUT2D eigenvalue weighted by Gasteiger charge is -2.25. The maximum absolute atomic E-state index is 13.7. The van der Waals surface area contributed by atoms with Crippen LogP contribution in [0.3, 0.4) is 0 Å². The van der Waals surface area contributed by atoms with E-state index >= 15 is 0 Å². The van der Waals surface area contributed by atoms with E-state index in [-0.39, 0.29) is 12.2 Å². The molecule has 8 nitrogen and oxygen atoms in total. The van der Waals surface area contributed by atoms with E-state index in [0.29, 0.717) is 26.4 Å². The number of aromatic nitrogens is 1. The number of rotatable bonds is 8. The number of thiazole rings is 1. The first-order valence-electron chi connectivity index (χ1n) is 12.1. The molecule has 3 heterocycles. The van der Waals surface area contributed by atoms with Crippen LogP contribution in [0.2, 0.25) is 0 Å². The molecule has 0 fully saturated rings. The Bertz CT molecular complexity index is 1460. The van der Waals surface area contributed by atoms with E-state index in [0.717, 1.165) is 30.2 Å². The molecule has 0 bridgehead atoms. The molecule has 2 aromatic heterocycles. The Morgan fingerprint density at radius 1 is 1.14 bits per heavy atom. The van der Waals surface area contributed by atoms with E-state index in [1.165, 1.54) is 11.3 Å². The number of nitrogens with zero attached hydrogens (tertiary/aromatic N) is 4. The molecule has 0 aliphatic carbocycles. The summed E-state index contributed by atoms with van der Waals surface area (Å²) in [6.45, 7) is 9.58. The van der Waals surface area contributed by atoms with E-state index in [2.05, 4.69) is 23.7 Å². The largest absolute Gasteiger partial charge is 0.463 e. The molecular formula is C27H32N4O4S. The molecule has 4 rings (SSSR count). The Hall–Kier alpha value is -3.59. The van der Waals surface area contributed by atoms with Crippen LogP contribution in [0.1, 0.15) is 45.1 Å². The molecular weight excluding hydrogens is 476 g/mol. The second-order valence-corrected chi connectivity index (χ2v) is 9.65. The summed E-state index contributed by atoms with van der Waals surface area (Å²) in [6, 6.07) is 11.0. The third-order valence-corrected chi connectivity index (χ3v) is 7.19. The summed E-state index contributed by atoms with van der Waals surface area (Å²) < 4.78 is 13.4. The Morgan fingerprint density at radius 3 is 2.44 bits per heavy atom. The van der Waals surface area contributed by atoms with Gasteiger partial charge in [-0.3, -0.25) is 9.36 Å². The quantitative estimate of drug-likeness (QED) is 0.435. The number of furan rings is 1. The number of anilines is 2. The van der Waals surface area contributed by atoms with Crippen molar-refractivity contribution in [3.63, 3.8) is 0 Å². The molecule has 0 saturated heterocycles. The summed E-state index contributed by atoms with van der Waals surface area (Å²) in [6.07, 6.45) is 1.74. The summed E-state index contributed by atoms with van der Waals surface area (Å²) in [4.78, 5) is 36.0. The number of carbonyl (C=O) groups excluding carboxylic acids is 1. The third-order valence-electron chi connectivity index (χ3n) is 6.20. The van der Waals surface area contributed by atoms with Gasteiger partial charge in [-0.15, -0.1) is 0 Å². The molecule has 190 valence electrons. The average molecular weight is 509 g/mol. The first-order valence-corrected chi connectivity index (χ1v) is 12.9. The highest BCUT2D eigenvalue weighted by Gasteiger charge is 2.33. The van der Waals surface area contributed by atoms with Crippen molar-refractivity contribution < 1.29 is 13.9 Å². The van der Waals surface area contributed by atoms with Gasteiger partial charge >= 0.3 is 5.97 Å². The number of ether oxygens (including phenoxy) is 1. The zero-order valence-electron chi connectivity index (χ0n) is 21.6. The second-order valence-electron chi connectivity index (χ2n) is 8.64. The van der Waals surface area contributed by atoms with E-state index in [4.69, 9.17) is 9.15 Å². The summed E-state index contributed by atoms with van der Waals surface area (Å²) >= 11 is 1.28. The number of esters is 1. The van der Waals surface area contributed by atoms with Crippen molar-refractivity contribution in [3.05, 3.63) is 78.7 Å². The van der Waals surface area contributed by atoms with Gasteiger partial charge in [-0.2, -0.15) is 0 Å². The van der Waals surface area contributed by atoms with Gasteiger partial charge < -0.3 is 19.0 Å². The molecule has 1 atom stereocenters. The molecule has 0 unspecified atom stereocenters. The van der Waals surface area contributed by atoms with Crippen LogP contribution in [0.25, 0.3) is 6.08 Å². The molecule has 0 radical (unpaired) electrons. The standard InChI is InChI=1S/C27H32N4O4S/c1-7-30(8-2)22-15-14-20(35-22)16-21-25(32)31-24(18-10-12-19(13-11-18)29(5)6)23(26(33)34-9-3)17(4)28-27(31)36-21/h10-16,24H,7-9H2,1-6H3/b21-16+/t24-/m1/s1. The third kappa shape index (κ3) is 4.75. The highest BCUT2D eigenvalue weighted by atomic mass is 32.1. The Labute approximate surface area is 214 Å². The Balaban J connectivity index is 1.87. The van der Waals surface area contributed by atoms with Crippen LogP contribution in [0.5, 0.6) is 0 Å². The predicted octanol–water partition coefficient (Wildman–Crippen LogP) is 3.30. The normalized spacial score (nSPS) is 15.5. The van der Waals surface area contributed by atoms with Crippen molar-refractivity contribution >= 4 is 35.0 Å². The number of benzene rings is 1. The minimum atomic E-state index is -0.638. The van der Waals surface area contributed by atoms with Crippen LogP contribution < -0.4 is 24.7 Å². The Kier molecular flexibility index (Phi) is 7.49. The van der Waals surface area contributed by atoms with E-state index in [1.54, 1.807) is 24.5 Å². The van der Waals surface area contributed by atoms with Crippen LogP contribution in [0.4, 0.5) is 11.6 Å². The first-order chi connectivity index (χ1) is 17.3. The van der Waals surface area contributed by atoms with Crippen molar-refractivity contribution in [2.45, 2.75) is 33.7 Å². The molecule has 1 aliphatic rings. The van der Waals surface area contributed by atoms with Crippen molar-refractivity contribution in [2.24, 2.45) is 4.99 Å². The minimum absolute atomic E-state index is 0.226. The number of carbonyl (C=O) groups is 1. The minimum Gasteiger partial charge on any atom is -0.463 e. The number of allylic oxidation sites excluding steroid dienone is 1. The highest BCUT2D eigenvalue weighted by Crippen LogP contribution is 2.31. The molecule has 0 N–H and O–H groups in total. The van der Waals surface area contributed by atoms with Gasteiger partial charge in [0.05, 0.1) is 28.5 Å². The van der Waals surface area contributed by atoms with E-state index in [9.17, 15) is 9.59 Å². The lowest BCUT2D eigenvalue weighted by molar-refractivity contribution is -0.139. The van der Waals surface area contributed by atoms with Crippen molar-refractivity contribution in [1.82, 2.24) is 4.57 Å². The van der Waals surface area contributed by atoms with Gasteiger partial charge in [0.15, 0.2) is 10.7 Å². The van der Waals surface area contributed by atoms with E-state index < -0.39 is 12.0 Å². The predicted molar refractivity (Wildman–Crippen MR) is 143 cm³/mol. The SMILES string of the molecule is CCOC(=O)C1=C(C)N=c2s/c(=C/c3ccc(N(CC)CC)o3)c(=O)n2[C@@H]1c1ccc(N(C)C)cc1. The van der Waals surface area contributed by atoms with Gasteiger partial charge in [0, 0.05) is 45.0 Å². The number of hydrogen-bond acceptors (Lipinski definition) is 8. The van der Waals surface area contributed by atoms with Crippen LogP contribution >= 0.6 is 11.3 Å². The van der Waals surface area contributed by atoms with Crippen LogP contribution in [-0.4, -0.2) is 44.3 Å². The molecule has 0 saturated carbocycles. The highest BCUT2D eigenvalue weighted by molar-refractivity contribution is 7.07. The van der Waals surface area contributed by atoms with Gasteiger partial charge in [0.25, 0.3) is 5.56 Å². The molecule has 9 heteroatoms. The summed E-state index contributed by atoms with van der Waals surface area (Å²) in [5, 5.41) is 0. The number of fused-ring (bicyclic) bond motifs is 1. The lowest BCUT2D eigenvalue weighted by atomic mass is 9.95. The summed E-state index contributed by atoms with van der Waals surface area (Å²) in [5.41, 5.74) is 2.52. The van der Waals surface area contributed by atoms with E-state index in [1.807, 2.05) is 55.4 Å².